The summed E-state index contributed by atoms with van der Waals surface area (Å²) in [5.74, 6) is 0.451. The van der Waals surface area contributed by atoms with Crippen molar-refractivity contribution in [3.63, 3.8) is 0 Å². The molecule has 1 heterocycles. The molecule has 0 aliphatic carbocycles. The van der Waals surface area contributed by atoms with Crippen LogP contribution in [0.1, 0.15) is 0 Å². The molecule has 0 aliphatic rings. The van der Waals surface area contributed by atoms with Gasteiger partial charge in [0.25, 0.3) is 0 Å². The van der Waals surface area contributed by atoms with Crippen molar-refractivity contribution < 1.29 is 0 Å². The molecule has 86 valence electrons. The molecule has 1 aromatic heterocycles. The van der Waals surface area contributed by atoms with E-state index in [0.717, 1.165) is 5.69 Å². The number of rotatable bonds is 2. The number of nitrogens with one attached hydrogen (secondary N) is 2. The summed E-state index contributed by atoms with van der Waals surface area (Å²) >= 11 is 11.0. The van der Waals surface area contributed by atoms with Crippen molar-refractivity contribution in [1.29, 1.82) is 0 Å². The van der Waals surface area contributed by atoms with Crippen molar-refractivity contribution in [2.24, 2.45) is 0 Å². The third kappa shape index (κ3) is 3.65. The Morgan fingerprint density at radius 3 is 2.59 bits per heavy atom. The Labute approximate surface area is 109 Å². The average molecular weight is 265 g/mol. The second-order valence-electron chi connectivity index (χ2n) is 3.16. The van der Waals surface area contributed by atoms with Crippen molar-refractivity contribution in [2.45, 2.75) is 0 Å². The van der Waals surface area contributed by atoms with E-state index in [4.69, 9.17) is 23.8 Å². The summed E-state index contributed by atoms with van der Waals surface area (Å²) in [6.07, 6.45) is 3.27. The Kier molecular flexibility index (Phi) is 3.85. The highest BCUT2D eigenvalue weighted by molar-refractivity contribution is 7.80. The highest BCUT2D eigenvalue weighted by Gasteiger charge is 2.00. The molecule has 6 heteroatoms. The predicted molar refractivity (Wildman–Crippen MR) is 73.3 cm³/mol. The Morgan fingerprint density at radius 1 is 1.12 bits per heavy atom. The molecule has 0 bridgehead atoms. The van der Waals surface area contributed by atoms with Crippen LogP contribution in [0.25, 0.3) is 0 Å². The minimum Gasteiger partial charge on any atom is -0.332 e. The number of thiocarbonyl (C=S) groups is 1. The van der Waals surface area contributed by atoms with Gasteiger partial charge in [0.15, 0.2) is 5.11 Å². The van der Waals surface area contributed by atoms with E-state index >= 15 is 0 Å². The zero-order chi connectivity index (χ0) is 12.1. The number of hydrogen-bond donors (Lipinski definition) is 2. The fourth-order valence-corrected chi connectivity index (χ4v) is 1.59. The van der Waals surface area contributed by atoms with Crippen molar-refractivity contribution in [3.8, 4) is 0 Å². The fourth-order valence-electron chi connectivity index (χ4n) is 1.19. The van der Waals surface area contributed by atoms with Crippen LogP contribution < -0.4 is 10.6 Å². The van der Waals surface area contributed by atoms with Gasteiger partial charge in [0.1, 0.15) is 0 Å². The molecule has 17 heavy (non-hydrogen) atoms. The van der Waals surface area contributed by atoms with Crippen LogP contribution in [0.4, 0.5) is 11.6 Å². The normalized spacial score (nSPS) is 9.71. The lowest BCUT2D eigenvalue weighted by molar-refractivity contribution is 1.18. The first-order chi connectivity index (χ1) is 8.24. The number of hydrogen-bond acceptors (Lipinski definition) is 3. The van der Waals surface area contributed by atoms with Crippen LogP contribution in [-0.4, -0.2) is 15.1 Å². The van der Waals surface area contributed by atoms with Gasteiger partial charge in [-0.15, -0.1) is 0 Å². The molecular formula is C11H9ClN4S. The molecule has 0 radical (unpaired) electrons. The minimum absolute atomic E-state index is 0.415. The van der Waals surface area contributed by atoms with Crippen LogP contribution in [0, 0.1) is 0 Å². The van der Waals surface area contributed by atoms with Crippen molar-refractivity contribution in [2.75, 3.05) is 10.6 Å². The lowest BCUT2D eigenvalue weighted by Crippen LogP contribution is -2.20. The smallest absolute Gasteiger partial charge is 0.228 e. The van der Waals surface area contributed by atoms with Crippen LogP contribution in [0.5, 0.6) is 0 Å². The van der Waals surface area contributed by atoms with E-state index in [-0.39, 0.29) is 0 Å². The number of aromatic nitrogens is 2. The summed E-state index contributed by atoms with van der Waals surface area (Å²) < 4.78 is 0. The third-order valence-corrected chi connectivity index (χ3v) is 2.31. The zero-order valence-corrected chi connectivity index (χ0v) is 10.3. The number of halogens is 1. The van der Waals surface area contributed by atoms with Crippen LogP contribution in [-0.2, 0) is 0 Å². The van der Waals surface area contributed by atoms with Gasteiger partial charge in [0.05, 0.1) is 0 Å². The van der Waals surface area contributed by atoms with Crippen molar-refractivity contribution >= 4 is 40.6 Å². The second kappa shape index (κ2) is 5.56. The summed E-state index contributed by atoms with van der Waals surface area (Å²) in [7, 11) is 0. The second-order valence-corrected chi connectivity index (χ2v) is 4.01. The molecule has 0 unspecified atom stereocenters. The largest absolute Gasteiger partial charge is 0.332 e. The van der Waals surface area contributed by atoms with Gasteiger partial charge in [-0.1, -0.05) is 17.7 Å². The molecule has 0 saturated heterocycles. The molecule has 0 amide bonds. The van der Waals surface area contributed by atoms with E-state index in [1.54, 1.807) is 30.6 Å². The predicted octanol–water partition coefficient (Wildman–Crippen LogP) is 2.94. The molecule has 0 saturated carbocycles. The maximum absolute atomic E-state index is 5.86. The first-order valence-electron chi connectivity index (χ1n) is 4.84. The van der Waals surface area contributed by atoms with E-state index in [1.165, 1.54) is 0 Å². The van der Waals surface area contributed by atoms with Gasteiger partial charge in [0.2, 0.25) is 5.95 Å². The topological polar surface area (TPSA) is 49.8 Å². The summed E-state index contributed by atoms with van der Waals surface area (Å²) in [5, 5.41) is 6.91. The molecule has 2 rings (SSSR count). The molecule has 0 atom stereocenters. The van der Waals surface area contributed by atoms with Crippen molar-refractivity contribution in [1.82, 2.24) is 9.97 Å². The molecule has 1 aromatic carbocycles. The molecular weight excluding hydrogens is 256 g/mol. The highest BCUT2D eigenvalue weighted by atomic mass is 35.5. The molecule has 0 fully saturated rings. The van der Waals surface area contributed by atoms with Crippen LogP contribution in [0.3, 0.4) is 0 Å². The zero-order valence-electron chi connectivity index (χ0n) is 8.72. The van der Waals surface area contributed by atoms with Gasteiger partial charge in [-0.2, -0.15) is 0 Å². The monoisotopic (exact) mass is 264 g/mol. The van der Waals surface area contributed by atoms with Gasteiger partial charge in [-0.3, -0.25) is 0 Å². The molecule has 4 nitrogen and oxygen atoms in total. The van der Waals surface area contributed by atoms with Gasteiger partial charge in [0, 0.05) is 23.1 Å². The molecule has 2 aromatic rings. The maximum Gasteiger partial charge on any atom is 0.228 e. The van der Waals surface area contributed by atoms with Crippen LogP contribution in [0.15, 0.2) is 42.7 Å². The highest BCUT2D eigenvalue weighted by Crippen LogP contribution is 2.14. The lowest BCUT2D eigenvalue weighted by atomic mass is 10.3. The van der Waals surface area contributed by atoms with E-state index in [0.29, 0.717) is 16.1 Å². The summed E-state index contributed by atoms with van der Waals surface area (Å²) in [5.41, 5.74) is 0.811. The maximum atomic E-state index is 5.86. The Hall–Kier alpha value is -1.72. The average Bonchev–Trinajstić information content (AvgIpc) is 2.30. The first-order valence-corrected chi connectivity index (χ1v) is 5.63. The lowest BCUT2D eigenvalue weighted by Gasteiger charge is -2.08. The standard InChI is InChI=1S/C11H9ClN4S/c12-8-3-1-4-9(7-8)15-11(17)16-10-13-5-2-6-14-10/h1-7H,(H2,13,14,15,16,17). The fraction of sp³-hybridized carbons (Fsp3) is 0. The van der Waals surface area contributed by atoms with Gasteiger partial charge >= 0.3 is 0 Å². The van der Waals surface area contributed by atoms with Crippen LogP contribution in [0.2, 0.25) is 5.02 Å². The van der Waals surface area contributed by atoms with Gasteiger partial charge < -0.3 is 10.6 Å². The van der Waals surface area contributed by atoms with Gasteiger partial charge in [-0.05, 0) is 36.5 Å². The van der Waals surface area contributed by atoms with E-state index in [2.05, 4.69) is 20.6 Å². The Balaban J connectivity index is 1.98. The quantitative estimate of drug-likeness (QED) is 0.817. The minimum atomic E-state index is 0.415. The molecule has 0 spiro atoms. The van der Waals surface area contributed by atoms with E-state index < -0.39 is 0 Å². The van der Waals surface area contributed by atoms with Gasteiger partial charge in [-0.25, -0.2) is 9.97 Å². The van der Waals surface area contributed by atoms with Crippen molar-refractivity contribution in [3.05, 3.63) is 47.7 Å². The van der Waals surface area contributed by atoms with E-state index in [1.807, 2.05) is 12.1 Å². The summed E-state index contributed by atoms with van der Waals surface area (Å²) in [4.78, 5) is 8.00. The number of anilines is 2. The summed E-state index contributed by atoms with van der Waals surface area (Å²) in [6, 6.07) is 9.02. The summed E-state index contributed by atoms with van der Waals surface area (Å²) in [6.45, 7) is 0. The molecule has 2 N–H and O–H groups in total. The number of benzene rings is 1. The Bertz CT molecular complexity index is 518. The molecule has 0 aliphatic heterocycles. The van der Waals surface area contributed by atoms with E-state index in [9.17, 15) is 0 Å². The SMILES string of the molecule is S=C(Nc1cccc(Cl)c1)Nc1ncccn1. The first kappa shape index (κ1) is 11.8. The van der Waals surface area contributed by atoms with Crippen LogP contribution >= 0.6 is 23.8 Å². The number of nitrogens with zero attached hydrogens (tertiary/aromatic N) is 2. The Morgan fingerprint density at radius 2 is 1.88 bits per heavy atom. The third-order valence-electron chi connectivity index (χ3n) is 1.87.